The molecule has 134 valence electrons. The molecule has 3 rings (SSSR count). The van der Waals surface area contributed by atoms with Gasteiger partial charge in [0.05, 0.1) is 0 Å². The van der Waals surface area contributed by atoms with Gasteiger partial charge in [-0.1, -0.05) is 38.1 Å². The topological polar surface area (TPSA) is 78.5 Å². The molecule has 1 saturated heterocycles. The number of hydrogen-bond donors (Lipinski definition) is 2. The van der Waals surface area contributed by atoms with Gasteiger partial charge in [0.2, 0.25) is 5.91 Å². The van der Waals surface area contributed by atoms with Crippen LogP contribution in [0.25, 0.3) is 0 Å². The zero-order chi connectivity index (χ0) is 18.0. The number of carbonyl (C=O) groups is 3. The van der Waals surface area contributed by atoms with E-state index in [2.05, 4.69) is 24.5 Å². The van der Waals surface area contributed by atoms with Crippen molar-refractivity contribution in [1.82, 2.24) is 15.5 Å². The van der Waals surface area contributed by atoms with E-state index in [1.54, 1.807) is 0 Å². The lowest BCUT2D eigenvalue weighted by atomic mass is 9.76. The van der Waals surface area contributed by atoms with Crippen LogP contribution in [0.5, 0.6) is 0 Å². The number of urea groups is 1. The van der Waals surface area contributed by atoms with Gasteiger partial charge in [0.25, 0.3) is 5.91 Å². The van der Waals surface area contributed by atoms with E-state index in [1.165, 1.54) is 0 Å². The zero-order valence-electron chi connectivity index (χ0n) is 14.8. The summed E-state index contributed by atoms with van der Waals surface area (Å²) in [5.41, 5.74) is 0.942. The Kier molecular flexibility index (Phi) is 4.79. The molecule has 25 heavy (non-hydrogen) atoms. The number of carbonyl (C=O) groups excluding carboxylic acids is 3. The molecule has 0 aromatic heterocycles. The monoisotopic (exact) mass is 343 g/mol. The third-order valence-corrected chi connectivity index (χ3v) is 5.00. The number of aryl methyl sites for hydroxylation is 1. The van der Waals surface area contributed by atoms with Crippen LogP contribution in [-0.4, -0.2) is 35.8 Å². The third-order valence-electron chi connectivity index (χ3n) is 5.00. The quantitative estimate of drug-likeness (QED) is 0.802. The highest BCUT2D eigenvalue weighted by molar-refractivity contribution is 6.09. The molecule has 2 N–H and O–H groups in total. The van der Waals surface area contributed by atoms with Gasteiger partial charge in [0.1, 0.15) is 12.1 Å². The van der Waals surface area contributed by atoms with Crippen molar-refractivity contribution in [2.75, 3.05) is 13.1 Å². The van der Waals surface area contributed by atoms with Gasteiger partial charge in [-0.05, 0) is 42.7 Å². The van der Waals surface area contributed by atoms with Crippen molar-refractivity contribution in [2.45, 2.75) is 45.1 Å². The third kappa shape index (κ3) is 3.25. The summed E-state index contributed by atoms with van der Waals surface area (Å²) in [7, 11) is 0. The van der Waals surface area contributed by atoms with Crippen LogP contribution in [-0.2, 0) is 21.5 Å². The molecule has 1 spiro atoms. The van der Waals surface area contributed by atoms with Crippen LogP contribution in [0.3, 0.4) is 0 Å². The van der Waals surface area contributed by atoms with Gasteiger partial charge in [0.15, 0.2) is 0 Å². The first-order chi connectivity index (χ1) is 11.9. The molecule has 0 bridgehead atoms. The Labute approximate surface area is 148 Å². The second-order valence-electron chi connectivity index (χ2n) is 7.27. The van der Waals surface area contributed by atoms with Crippen LogP contribution in [0, 0.1) is 5.92 Å². The summed E-state index contributed by atoms with van der Waals surface area (Å²) < 4.78 is 0. The minimum absolute atomic E-state index is 0.229. The summed E-state index contributed by atoms with van der Waals surface area (Å²) >= 11 is 0. The maximum absolute atomic E-state index is 13.0. The normalized spacial score (nSPS) is 22.3. The van der Waals surface area contributed by atoms with E-state index in [-0.39, 0.29) is 18.4 Å². The summed E-state index contributed by atoms with van der Waals surface area (Å²) in [4.78, 5) is 38.6. The molecule has 1 heterocycles. The van der Waals surface area contributed by atoms with E-state index in [1.807, 2.05) is 24.3 Å². The Morgan fingerprint density at radius 2 is 2.08 bits per heavy atom. The number of nitrogens with one attached hydrogen (secondary N) is 2. The highest BCUT2D eigenvalue weighted by Gasteiger charge is 2.54. The van der Waals surface area contributed by atoms with Gasteiger partial charge in [0, 0.05) is 6.54 Å². The predicted octanol–water partition coefficient (Wildman–Crippen LogP) is 1.93. The van der Waals surface area contributed by atoms with Crippen LogP contribution < -0.4 is 10.6 Å². The second-order valence-corrected chi connectivity index (χ2v) is 7.27. The van der Waals surface area contributed by atoms with Crippen molar-refractivity contribution in [3.05, 3.63) is 35.4 Å². The molecule has 0 radical (unpaired) electrons. The number of rotatable bonds is 5. The lowest BCUT2D eigenvalue weighted by Gasteiger charge is -2.33. The number of benzene rings is 1. The molecule has 6 nitrogen and oxygen atoms in total. The minimum atomic E-state index is -1.01. The SMILES string of the molecule is CC(C)CCNC(=O)CN1C(=O)NC2(CCCc3ccccc32)C1=O. The zero-order valence-corrected chi connectivity index (χ0v) is 14.8. The average molecular weight is 343 g/mol. The fraction of sp³-hybridized carbons (Fsp3) is 0.526. The first kappa shape index (κ1) is 17.5. The van der Waals surface area contributed by atoms with Crippen molar-refractivity contribution in [3.63, 3.8) is 0 Å². The Morgan fingerprint density at radius 1 is 1.32 bits per heavy atom. The molecule has 1 atom stereocenters. The molecular formula is C19H25N3O3. The van der Waals surface area contributed by atoms with Gasteiger partial charge in [-0.2, -0.15) is 0 Å². The standard InChI is InChI=1S/C19H25N3O3/c1-13(2)9-11-20-16(23)12-22-17(24)19(21-18(22)25)10-5-7-14-6-3-4-8-15(14)19/h3-4,6,8,13H,5,7,9-12H2,1-2H3,(H,20,23)(H,21,25). The fourth-order valence-electron chi connectivity index (χ4n) is 3.65. The Morgan fingerprint density at radius 3 is 2.84 bits per heavy atom. The number of imide groups is 1. The highest BCUT2D eigenvalue weighted by Crippen LogP contribution is 2.39. The lowest BCUT2D eigenvalue weighted by Crippen LogP contribution is -2.47. The molecule has 0 saturated carbocycles. The van der Waals surface area contributed by atoms with Crippen molar-refractivity contribution >= 4 is 17.8 Å². The van der Waals surface area contributed by atoms with E-state index < -0.39 is 11.6 Å². The molecule has 1 aliphatic heterocycles. The van der Waals surface area contributed by atoms with E-state index in [9.17, 15) is 14.4 Å². The number of nitrogens with zero attached hydrogens (tertiary/aromatic N) is 1. The molecular weight excluding hydrogens is 318 g/mol. The van der Waals surface area contributed by atoms with Gasteiger partial charge >= 0.3 is 6.03 Å². The number of fused-ring (bicyclic) bond motifs is 2. The first-order valence-electron chi connectivity index (χ1n) is 8.93. The first-order valence-corrected chi connectivity index (χ1v) is 8.93. The average Bonchev–Trinajstić information content (AvgIpc) is 2.80. The van der Waals surface area contributed by atoms with E-state index >= 15 is 0 Å². The molecule has 4 amide bonds. The summed E-state index contributed by atoms with van der Waals surface area (Å²) in [6.07, 6.45) is 3.16. The number of hydrogen-bond acceptors (Lipinski definition) is 3. The van der Waals surface area contributed by atoms with Gasteiger partial charge < -0.3 is 10.6 Å². The van der Waals surface area contributed by atoms with Crippen molar-refractivity contribution < 1.29 is 14.4 Å². The lowest BCUT2D eigenvalue weighted by molar-refractivity contribution is -0.135. The maximum Gasteiger partial charge on any atom is 0.325 e. The molecule has 6 heteroatoms. The fourth-order valence-corrected chi connectivity index (χ4v) is 3.65. The van der Waals surface area contributed by atoms with Crippen LogP contribution in [0.1, 0.15) is 44.2 Å². The summed E-state index contributed by atoms with van der Waals surface area (Å²) in [6, 6.07) is 7.24. The Bertz CT molecular complexity index is 701. The summed E-state index contributed by atoms with van der Waals surface area (Å²) in [5, 5.41) is 5.64. The van der Waals surface area contributed by atoms with E-state index in [4.69, 9.17) is 0 Å². The van der Waals surface area contributed by atoms with E-state index in [0.29, 0.717) is 18.9 Å². The molecule has 1 aliphatic carbocycles. The predicted molar refractivity (Wildman–Crippen MR) is 93.8 cm³/mol. The molecule has 1 unspecified atom stereocenters. The second kappa shape index (κ2) is 6.86. The van der Waals surface area contributed by atoms with E-state index in [0.717, 1.165) is 35.3 Å². The van der Waals surface area contributed by atoms with Crippen molar-refractivity contribution in [3.8, 4) is 0 Å². The van der Waals surface area contributed by atoms with Gasteiger partial charge in [-0.3, -0.25) is 14.5 Å². The maximum atomic E-state index is 13.0. The molecule has 1 fully saturated rings. The van der Waals surface area contributed by atoms with Gasteiger partial charge in [-0.15, -0.1) is 0 Å². The van der Waals surface area contributed by atoms with Crippen LogP contribution in [0.2, 0.25) is 0 Å². The van der Waals surface area contributed by atoms with Crippen LogP contribution in [0.4, 0.5) is 4.79 Å². The summed E-state index contributed by atoms with van der Waals surface area (Å²) in [6.45, 7) is 4.47. The van der Waals surface area contributed by atoms with Crippen molar-refractivity contribution in [2.24, 2.45) is 5.92 Å². The highest BCUT2D eigenvalue weighted by atomic mass is 16.2. The number of amides is 4. The molecule has 2 aliphatic rings. The van der Waals surface area contributed by atoms with Crippen LogP contribution in [0.15, 0.2) is 24.3 Å². The Balaban J connectivity index is 1.74. The largest absolute Gasteiger partial charge is 0.355 e. The van der Waals surface area contributed by atoms with Crippen LogP contribution >= 0.6 is 0 Å². The summed E-state index contributed by atoms with van der Waals surface area (Å²) in [5.74, 6) is -0.131. The molecule has 1 aromatic carbocycles. The van der Waals surface area contributed by atoms with Crippen molar-refractivity contribution in [1.29, 1.82) is 0 Å². The van der Waals surface area contributed by atoms with Gasteiger partial charge in [-0.25, -0.2) is 4.79 Å². The minimum Gasteiger partial charge on any atom is -0.355 e. The smallest absolute Gasteiger partial charge is 0.325 e. The Hall–Kier alpha value is -2.37. The molecule has 1 aromatic rings.